The molecule has 4 rings (SSSR count). The van der Waals surface area contributed by atoms with Crippen molar-refractivity contribution in [3.63, 3.8) is 0 Å². The van der Waals surface area contributed by atoms with Crippen molar-refractivity contribution in [2.75, 3.05) is 31.1 Å². The lowest BCUT2D eigenvalue weighted by atomic mass is 9.85. The van der Waals surface area contributed by atoms with E-state index in [2.05, 4.69) is 14.8 Å². The average Bonchev–Trinajstić information content (AvgIpc) is 3.47. The van der Waals surface area contributed by atoms with Gasteiger partial charge in [0, 0.05) is 32.6 Å². The second-order valence-corrected chi connectivity index (χ2v) is 9.00. The normalized spacial score (nSPS) is 26.4. The van der Waals surface area contributed by atoms with Gasteiger partial charge in [-0.25, -0.2) is 4.98 Å². The van der Waals surface area contributed by atoms with Crippen LogP contribution in [0.3, 0.4) is 0 Å². The standard InChI is InChI=1S/C21H28F3N3S/c22-21(23,24)19-7-6-17(14-25-19)26-8-10-27(11-9-26)20(28)13-16-12-18(16)15-4-2-1-3-5-15/h6-7,14-16,18H,1-5,8-13H2/t16-,18?/m1/s1. The minimum Gasteiger partial charge on any atom is -0.367 e. The highest BCUT2D eigenvalue weighted by atomic mass is 32.1. The Hall–Kier alpha value is -1.37. The number of rotatable bonds is 4. The van der Waals surface area contributed by atoms with Crippen LogP contribution in [0.15, 0.2) is 18.3 Å². The zero-order valence-electron chi connectivity index (χ0n) is 16.1. The zero-order valence-corrected chi connectivity index (χ0v) is 16.9. The van der Waals surface area contributed by atoms with E-state index in [0.29, 0.717) is 0 Å². The van der Waals surface area contributed by atoms with Gasteiger partial charge >= 0.3 is 6.18 Å². The Morgan fingerprint density at radius 1 is 1.07 bits per heavy atom. The third-order valence-corrected chi connectivity index (χ3v) is 7.13. The van der Waals surface area contributed by atoms with Gasteiger partial charge in [0.05, 0.1) is 16.9 Å². The molecule has 154 valence electrons. The van der Waals surface area contributed by atoms with Gasteiger partial charge in [-0.2, -0.15) is 13.2 Å². The van der Waals surface area contributed by atoms with Crippen LogP contribution in [0.5, 0.6) is 0 Å². The maximum atomic E-state index is 12.7. The summed E-state index contributed by atoms with van der Waals surface area (Å²) in [5.74, 6) is 2.62. The van der Waals surface area contributed by atoms with Gasteiger partial charge < -0.3 is 9.80 Å². The van der Waals surface area contributed by atoms with Gasteiger partial charge in [0.25, 0.3) is 0 Å². The van der Waals surface area contributed by atoms with Crippen molar-refractivity contribution < 1.29 is 13.2 Å². The second-order valence-electron chi connectivity index (χ2n) is 8.53. The van der Waals surface area contributed by atoms with Crippen molar-refractivity contribution >= 4 is 22.9 Å². The maximum Gasteiger partial charge on any atom is 0.433 e. The molecule has 2 heterocycles. The summed E-state index contributed by atoms with van der Waals surface area (Å²) < 4.78 is 38.0. The number of hydrogen-bond donors (Lipinski definition) is 0. The molecule has 1 saturated heterocycles. The van der Waals surface area contributed by atoms with E-state index in [1.165, 1.54) is 50.8 Å². The second kappa shape index (κ2) is 8.17. The minimum atomic E-state index is -4.39. The van der Waals surface area contributed by atoms with Crippen molar-refractivity contribution in [1.29, 1.82) is 0 Å². The first-order chi connectivity index (χ1) is 13.4. The highest BCUT2D eigenvalue weighted by Crippen LogP contribution is 2.51. The van der Waals surface area contributed by atoms with Crippen molar-refractivity contribution in [2.24, 2.45) is 17.8 Å². The highest BCUT2D eigenvalue weighted by Gasteiger charge is 2.43. The van der Waals surface area contributed by atoms with Crippen LogP contribution in [-0.4, -0.2) is 41.1 Å². The molecule has 0 spiro atoms. The Kier molecular flexibility index (Phi) is 5.81. The predicted octanol–water partition coefficient (Wildman–Crippen LogP) is 5.16. The molecular formula is C21H28F3N3S. The van der Waals surface area contributed by atoms with Gasteiger partial charge in [-0.3, -0.25) is 0 Å². The van der Waals surface area contributed by atoms with E-state index in [4.69, 9.17) is 12.2 Å². The van der Waals surface area contributed by atoms with Crippen LogP contribution in [0.2, 0.25) is 0 Å². The molecule has 0 radical (unpaired) electrons. The third-order valence-electron chi connectivity index (χ3n) is 6.71. The summed E-state index contributed by atoms with van der Waals surface area (Å²) >= 11 is 5.73. The summed E-state index contributed by atoms with van der Waals surface area (Å²) in [6, 6.07) is 2.58. The van der Waals surface area contributed by atoms with Crippen LogP contribution in [-0.2, 0) is 6.18 Å². The molecule has 0 bridgehead atoms. The van der Waals surface area contributed by atoms with Gasteiger partial charge in [-0.05, 0) is 36.3 Å². The number of hydrogen-bond acceptors (Lipinski definition) is 3. The average molecular weight is 412 g/mol. The number of aromatic nitrogens is 1. The van der Waals surface area contributed by atoms with E-state index in [9.17, 15) is 13.2 Å². The van der Waals surface area contributed by atoms with E-state index in [0.717, 1.165) is 67.1 Å². The van der Waals surface area contributed by atoms with E-state index < -0.39 is 11.9 Å². The SMILES string of the molecule is FC(F)(F)c1ccc(N2CCN(C(=S)C[C@H]3CC3C3CCCCC3)CC2)cn1. The molecule has 0 amide bonds. The topological polar surface area (TPSA) is 19.4 Å². The Morgan fingerprint density at radius 3 is 2.39 bits per heavy atom. The zero-order chi connectivity index (χ0) is 19.7. The summed E-state index contributed by atoms with van der Waals surface area (Å²) in [6.45, 7) is 3.20. The first kappa shape index (κ1) is 19.9. The summed E-state index contributed by atoms with van der Waals surface area (Å²) in [7, 11) is 0. The molecule has 2 atom stereocenters. The monoisotopic (exact) mass is 411 g/mol. The lowest BCUT2D eigenvalue weighted by molar-refractivity contribution is -0.141. The molecule has 28 heavy (non-hydrogen) atoms. The van der Waals surface area contributed by atoms with Gasteiger partial charge in [0.15, 0.2) is 0 Å². The van der Waals surface area contributed by atoms with Crippen LogP contribution in [0, 0.1) is 17.8 Å². The fraction of sp³-hybridized carbons (Fsp3) is 0.714. The van der Waals surface area contributed by atoms with Crippen molar-refractivity contribution in [3.05, 3.63) is 24.0 Å². The van der Waals surface area contributed by atoms with Gasteiger partial charge in [-0.1, -0.05) is 44.3 Å². The lowest BCUT2D eigenvalue weighted by Crippen LogP contribution is -2.48. The quantitative estimate of drug-likeness (QED) is 0.638. The fourth-order valence-electron chi connectivity index (χ4n) is 4.95. The molecule has 1 aromatic heterocycles. The minimum absolute atomic E-state index is 0.748. The molecule has 1 aliphatic heterocycles. The van der Waals surface area contributed by atoms with E-state index in [1.54, 1.807) is 0 Å². The number of thiocarbonyl (C=S) groups is 1. The predicted molar refractivity (Wildman–Crippen MR) is 108 cm³/mol. The molecule has 2 aliphatic carbocycles. The van der Waals surface area contributed by atoms with Gasteiger partial charge in [-0.15, -0.1) is 0 Å². The number of alkyl halides is 3. The number of piperazine rings is 1. The Labute approximate surface area is 170 Å². The van der Waals surface area contributed by atoms with Crippen LogP contribution in [0.25, 0.3) is 0 Å². The maximum absolute atomic E-state index is 12.7. The molecule has 2 saturated carbocycles. The molecule has 0 N–H and O–H groups in total. The molecular weight excluding hydrogens is 383 g/mol. The summed E-state index contributed by atoms with van der Waals surface area (Å²) in [5.41, 5.74) is -0.0915. The number of nitrogens with zero attached hydrogens (tertiary/aromatic N) is 3. The number of pyridine rings is 1. The van der Waals surface area contributed by atoms with Gasteiger partial charge in [0.2, 0.25) is 0 Å². The Bertz CT molecular complexity index is 677. The van der Waals surface area contributed by atoms with Gasteiger partial charge in [0.1, 0.15) is 5.69 Å². The lowest BCUT2D eigenvalue weighted by Gasteiger charge is -2.37. The van der Waals surface area contributed by atoms with Crippen molar-refractivity contribution in [1.82, 2.24) is 9.88 Å². The number of anilines is 1. The van der Waals surface area contributed by atoms with Crippen molar-refractivity contribution in [3.8, 4) is 0 Å². The molecule has 1 unspecified atom stereocenters. The first-order valence-electron chi connectivity index (χ1n) is 10.5. The van der Waals surface area contributed by atoms with Crippen LogP contribution in [0.4, 0.5) is 18.9 Å². The van der Waals surface area contributed by atoms with Crippen LogP contribution >= 0.6 is 12.2 Å². The van der Waals surface area contributed by atoms with Crippen molar-refractivity contribution in [2.45, 2.75) is 51.1 Å². The largest absolute Gasteiger partial charge is 0.433 e. The fourth-order valence-corrected chi connectivity index (χ4v) is 5.35. The molecule has 0 aromatic carbocycles. The summed E-state index contributed by atoms with van der Waals surface area (Å²) in [5, 5.41) is 0. The highest BCUT2D eigenvalue weighted by molar-refractivity contribution is 7.80. The molecule has 3 fully saturated rings. The Balaban J connectivity index is 1.23. The van der Waals surface area contributed by atoms with E-state index in [-0.39, 0.29) is 0 Å². The van der Waals surface area contributed by atoms with E-state index in [1.807, 2.05) is 0 Å². The number of halogens is 3. The first-order valence-corrected chi connectivity index (χ1v) is 10.9. The molecule has 3 aliphatic rings. The van der Waals surface area contributed by atoms with Crippen LogP contribution < -0.4 is 4.90 Å². The summed E-state index contributed by atoms with van der Waals surface area (Å²) in [4.78, 5) is 9.03. The molecule has 3 nitrogen and oxygen atoms in total. The van der Waals surface area contributed by atoms with Crippen LogP contribution in [0.1, 0.15) is 50.6 Å². The smallest absolute Gasteiger partial charge is 0.367 e. The summed E-state index contributed by atoms with van der Waals surface area (Å²) in [6.07, 6.45) is 6.36. The molecule has 7 heteroatoms. The van der Waals surface area contributed by atoms with E-state index >= 15 is 0 Å². The third kappa shape index (κ3) is 4.61. The molecule has 1 aromatic rings. The Morgan fingerprint density at radius 2 is 1.79 bits per heavy atom.